The van der Waals surface area contributed by atoms with Gasteiger partial charge in [0.25, 0.3) is 5.91 Å². The maximum absolute atomic E-state index is 13.1. The number of rotatable bonds is 3. The summed E-state index contributed by atoms with van der Waals surface area (Å²) in [6.45, 7) is 0. The highest BCUT2D eigenvalue weighted by molar-refractivity contribution is 9.10. The van der Waals surface area contributed by atoms with Crippen LogP contribution < -0.4 is 10.1 Å². The minimum atomic E-state index is -1.02. The van der Waals surface area contributed by atoms with E-state index < -0.39 is 17.5 Å². The molecule has 0 aliphatic rings. The molecule has 0 atom stereocenters. The van der Waals surface area contributed by atoms with Crippen molar-refractivity contribution in [3.8, 4) is 5.75 Å². The first kappa shape index (κ1) is 14.5. The predicted octanol–water partition coefficient (Wildman–Crippen LogP) is 3.99. The molecule has 0 fully saturated rings. The summed E-state index contributed by atoms with van der Waals surface area (Å²) in [5, 5.41) is 2.49. The Hall–Kier alpha value is -1.95. The fraction of sp³-hybridized carbons (Fsp3) is 0.0714. The molecule has 104 valence electrons. The molecule has 0 saturated heterocycles. The van der Waals surface area contributed by atoms with E-state index in [1.54, 1.807) is 18.2 Å². The van der Waals surface area contributed by atoms with Crippen LogP contribution in [0, 0.1) is 11.6 Å². The lowest BCUT2D eigenvalue weighted by molar-refractivity contribution is 0.102. The number of methoxy groups -OCH3 is 1. The second-order valence-corrected chi connectivity index (χ2v) is 4.78. The van der Waals surface area contributed by atoms with Crippen molar-refractivity contribution in [2.75, 3.05) is 12.4 Å². The fourth-order valence-electron chi connectivity index (χ4n) is 1.58. The molecule has 0 heterocycles. The number of ether oxygens (including phenoxy) is 1. The van der Waals surface area contributed by atoms with Crippen LogP contribution in [0.4, 0.5) is 14.5 Å². The van der Waals surface area contributed by atoms with E-state index in [2.05, 4.69) is 21.2 Å². The average molecular weight is 342 g/mol. The van der Waals surface area contributed by atoms with E-state index in [9.17, 15) is 13.6 Å². The lowest BCUT2D eigenvalue weighted by atomic mass is 10.2. The van der Waals surface area contributed by atoms with Gasteiger partial charge >= 0.3 is 0 Å². The van der Waals surface area contributed by atoms with Crippen LogP contribution in [0.1, 0.15) is 10.4 Å². The van der Waals surface area contributed by atoms with Gasteiger partial charge in [0.2, 0.25) is 0 Å². The van der Waals surface area contributed by atoms with Crippen molar-refractivity contribution in [1.29, 1.82) is 0 Å². The second-order valence-electron chi connectivity index (χ2n) is 3.93. The highest BCUT2D eigenvalue weighted by atomic mass is 79.9. The topological polar surface area (TPSA) is 38.3 Å². The predicted molar refractivity (Wildman–Crippen MR) is 75.0 cm³/mol. The molecule has 2 aromatic carbocycles. The van der Waals surface area contributed by atoms with E-state index in [1.807, 2.05) is 0 Å². The van der Waals surface area contributed by atoms with Gasteiger partial charge in [-0.3, -0.25) is 4.79 Å². The lowest BCUT2D eigenvalue weighted by Gasteiger charge is -2.09. The third-order valence-corrected chi connectivity index (χ3v) is 3.29. The fourth-order valence-corrected chi connectivity index (χ4v) is 2.00. The summed E-state index contributed by atoms with van der Waals surface area (Å²) in [6, 6.07) is 8.05. The third-order valence-electron chi connectivity index (χ3n) is 2.60. The molecule has 2 aromatic rings. The zero-order valence-corrected chi connectivity index (χ0v) is 12.0. The van der Waals surface area contributed by atoms with Crippen LogP contribution in [0.5, 0.6) is 5.75 Å². The number of benzene rings is 2. The Bertz CT molecular complexity index is 662. The number of anilines is 1. The van der Waals surface area contributed by atoms with E-state index in [0.29, 0.717) is 15.8 Å². The molecular formula is C14H10BrF2NO2. The molecule has 0 aliphatic heterocycles. The van der Waals surface area contributed by atoms with E-state index in [-0.39, 0.29) is 5.69 Å². The number of hydrogen-bond donors (Lipinski definition) is 1. The van der Waals surface area contributed by atoms with Crippen LogP contribution >= 0.6 is 15.9 Å². The van der Waals surface area contributed by atoms with Gasteiger partial charge in [-0.1, -0.05) is 0 Å². The van der Waals surface area contributed by atoms with Gasteiger partial charge in [-0.05, 0) is 46.3 Å². The van der Waals surface area contributed by atoms with Gasteiger partial charge in [-0.25, -0.2) is 8.78 Å². The molecule has 6 heteroatoms. The number of hydrogen-bond acceptors (Lipinski definition) is 2. The Morgan fingerprint density at radius 3 is 2.55 bits per heavy atom. The van der Waals surface area contributed by atoms with Crippen molar-refractivity contribution >= 4 is 27.5 Å². The van der Waals surface area contributed by atoms with E-state index in [0.717, 1.165) is 12.1 Å². The molecule has 0 aliphatic carbocycles. The summed E-state index contributed by atoms with van der Waals surface area (Å²) in [4.78, 5) is 12.1. The number of carbonyl (C=O) groups excluding carboxylic acids is 1. The minimum absolute atomic E-state index is 0.170. The van der Waals surface area contributed by atoms with Gasteiger partial charge in [-0.2, -0.15) is 0 Å². The standard InChI is InChI=1S/C14H10BrF2NO2/c1-20-9-3-4-11(15)10(7-9)14(19)18-8-2-5-12(16)13(17)6-8/h2-7H,1H3,(H,18,19). The summed E-state index contributed by atoms with van der Waals surface area (Å²) in [5.74, 6) is -1.93. The van der Waals surface area contributed by atoms with E-state index in [4.69, 9.17) is 4.74 Å². The summed E-state index contributed by atoms with van der Waals surface area (Å²) in [5.41, 5.74) is 0.498. The molecule has 3 nitrogen and oxygen atoms in total. The van der Waals surface area contributed by atoms with E-state index in [1.165, 1.54) is 13.2 Å². The average Bonchev–Trinajstić information content (AvgIpc) is 2.43. The number of nitrogens with one attached hydrogen (secondary N) is 1. The Morgan fingerprint density at radius 1 is 1.15 bits per heavy atom. The molecular weight excluding hydrogens is 332 g/mol. The Morgan fingerprint density at radius 2 is 1.90 bits per heavy atom. The van der Waals surface area contributed by atoms with Crippen molar-refractivity contribution in [2.45, 2.75) is 0 Å². The SMILES string of the molecule is COc1ccc(Br)c(C(=O)Nc2ccc(F)c(F)c2)c1. The molecule has 20 heavy (non-hydrogen) atoms. The molecule has 0 saturated carbocycles. The molecule has 1 N–H and O–H groups in total. The zero-order valence-electron chi connectivity index (χ0n) is 10.4. The zero-order chi connectivity index (χ0) is 14.7. The highest BCUT2D eigenvalue weighted by Gasteiger charge is 2.12. The molecule has 1 amide bonds. The van der Waals surface area contributed by atoms with Crippen LogP contribution in [0.15, 0.2) is 40.9 Å². The molecule has 0 radical (unpaired) electrons. The molecule has 2 rings (SSSR count). The quantitative estimate of drug-likeness (QED) is 0.916. The van der Waals surface area contributed by atoms with Crippen molar-refractivity contribution < 1.29 is 18.3 Å². The first-order valence-corrected chi connectivity index (χ1v) is 6.40. The smallest absolute Gasteiger partial charge is 0.256 e. The Balaban J connectivity index is 2.25. The highest BCUT2D eigenvalue weighted by Crippen LogP contribution is 2.24. The first-order chi connectivity index (χ1) is 9.51. The number of carbonyl (C=O) groups is 1. The normalized spacial score (nSPS) is 10.2. The summed E-state index contributed by atoms with van der Waals surface area (Å²) in [6.07, 6.45) is 0. The lowest BCUT2D eigenvalue weighted by Crippen LogP contribution is -2.13. The number of amides is 1. The maximum atomic E-state index is 13.1. The van der Waals surface area contributed by atoms with Gasteiger partial charge in [0.15, 0.2) is 11.6 Å². The molecule has 0 spiro atoms. The van der Waals surface area contributed by atoms with Crippen molar-refractivity contribution in [1.82, 2.24) is 0 Å². The van der Waals surface area contributed by atoms with Crippen molar-refractivity contribution in [2.24, 2.45) is 0 Å². The van der Waals surface area contributed by atoms with Crippen LogP contribution in [0.25, 0.3) is 0 Å². The van der Waals surface area contributed by atoms with Crippen LogP contribution in [-0.2, 0) is 0 Å². The van der Waals surface area contributed by atoms with Crippen molar-refractivity contribution in [3.63, 3.8) is 0 Å². The van der Waals surface area contributed by atoms with Crippen LogP contribution in [0.2, 0.25) is 0 Å². The number of halogens is 3. The second kappa shape index (κ2) is 6.00. The summed E-state index contributed by atoms with van der Waals surface area (Å²) in [7, 11) is 1.49. The Kier molecular flexibility index (Phi) is 4.34. The van der Waals surface area contributed by atoms with Gasteiger partial charge in [-0.15, -0.1) is 0 Å². The monoisotopic (exact) mass is 341 g/mol. The molecule has 0 bridgehead atoms. The van der Waals surface area contributed by atoms with Crippen LogP contribution in [-0.4, -0.2) is 13.0 Å². The van der Waals surface area contributed by atoms with Crippen molar-refractivity contribution in [3.05, 3.63) is 58.1 Å². The Labute approximate surface area is 122 Å². The maximum Gasteiger partial charge on any atom is 0.256 e. The van der Waals surface area contributed by atoms with E-state index >= 15 is 0 Å². The minimum Gasteiger partial charge on any atom is -0.497 e. The first-order valence-electron chi connectivity index (χ1n) is 5.61. The van der Waals surface area contributed by atoms with Crippen LogP contribution in [0.3, 0.4) is 0 Å². The molecule has 0 aromatic heterocycles. The largest absolute Gasteiger partial charge is 0.497 e. The summed E-state index contributed by atoms with van der Waals surface area (Å²) >= 11 is 3.25. The summed E-state index contributed by atoms with van der Waals surface area (Å²) < 4.78 is 31.5. The van der Waals surface area contributed by atoms with Gasteiger partial charge < -0.3 is 10.1 Å². The van der Waals surface area contributed by atoms with Gasteiger partial charge in [0, 0.05) is 16.2 Å². The van der Waals surface area contributed by atoms with Gasteiger partial charge in [0.1, 0.15) is 5.75 Å². The third kappa shape index (κ3) is 3.14. The van der Waals surface area contributed by atoms with Gasteiger partial charge in [0.05, 0.1) is 12.7 Å². The molecule has 0 unspecified atom stereocenters.